The first kappa shape index (κ1) is 22.2. The monoisotopic (exact) mass is 349 g/mol. The number of hydrogen-bond acceptors (Lipinski definition) is 3. The van der Waals surface area contributed by atoms with Crippen LogP contribution in [0.4, 0.5) is 0 Å². The molecule has 0 amide bonds. The zero-order valence-electron chi connectivity index (χ0n) is 17.0. The normalized spacial score (nSPS) is 16.0. The third-order valence-corrected chi connectivity index (χ3v) is 5.12. The molecule has 25 heavy (non-hydrogen) atoms. The van der Waals surface area contributed by atoms with Crippen molar-refractivity contribution in [1.82, 2.24) is 4.90 Å². The lowest BCUT2D eigenvalue weighted by Gasteiger charge is -2.24. The van der Waals surface area contributed by atoms with Gasteiger partial charge in [-0.2, -0.15) is 0 Å². The van der Waals surface area contributed by atoms with E-state index in [2.05, 4.69) is 35.9 Å². The molecule has 1 heterocycles. The fourth-order valence-electron chi connectivity index (χ4n) is 3.52. The Morgan fingerprint density at radius 1 is 0.920 bits per heavy atom. The van der Waals surface area contributed by atoms with Crippen molar-refractivity contribution in [1.29, 1.82) is 0 Å². The van der Waals surface area contributed by atoms with E-state index in [9.17, 15) is 0 Å². The average Bonchev–Trinajstić information content (AvgIpc) is 3.07. The highest BCUT2D eigenvalue weighted by molar-refractivity contribution is 5.83. The molecule has 1 aliphatic heterocycles. The summed E-state index contributed by atoms with van der Waals surface area (Å²) in [5.74, 6) is 1.24. The van der Waals surface area contributed by atoms with E-state index in [1.165, 1.54) is 89.3 Å². The molecule has 0 aromatic heterocycles. The highest BCUT2D eigenvalue weighted by Gasteiger charge is 2.18. The van der Waals surface area contributed by atoms with Crippen LogP contribution in [-0.2, 0) is 0 Å². The third kappa shape index (κ3) is 11.4. The van der Waals surface area contributed by atoms with Crippen LogP contribution in [0.1, 0.15) is 104 Å². The summed E-state index contributed by atoms with van der Waals surface area (Å²) >= 11 is 0. The molecule has 3 heteroatoms. The van der Waals surface area contributed by atoms with Crippen molar-refractivity contribution in [2.45, 2.75) is 110 Å². The molecule has 0 fully saturated rings. The Hall–Kier alpha value is -0.830. The van der Waals surface area contributed by atoms with Crippen molar-refractivity contribution < 1.29 is 0 Å². The minimum absolute atomic E-state index is 0.114. The Balaban J connectivity index is 1.84. The maximum absolute atomic E-state index is 5.98. The molecular formula is C22H43N3. The van der Waals surface area contributed by atoms with Crippen LogP contribution in [0.2, 0.25) is 0 Å². The minimum Gasteiger partial charge on any atom is -0.343 e. The first-order chi connectivity index (χ1) is 12.3. The van der Waals surface area contributed by atoms with Gasteiger partial charge in [0.25, 0.3) is 0 Å². The van der Waals surface area contributed by atoms with Crippen LogP contribution in [-0.4, -0.2) is 30.0 Å². The van der Waals surface area contributed by atoms with Gasteiger partial charge < -0.3 is 10.6 Å². The molecule has 0 radical (unpaired) electrons. The van der Waals surface area contributed by atoms with Gasteiger partial charge in [0, 0.05) is 13.0 Å². The van der Waals surface area contributed by atoms with Gasteiger partial charge in [0.15, 0.2) is 0 Å². The predicted molar refractivity (Wildman–Crippen MR) is 112 cm³/mol. The topological polar surface area (TPSA) is 41.6 Å². The molecule has 2 N–H and O–H groups in total. The number of nitrogens with zero attached hydrogens (tertiary/aromatic N) is 2. The Morgan fingerprint density at radius 3 is 2.08 bits per heavy atom. The van der Waals surface area contributed by atoms with E-state index in [1.54, 1.807) is 0 Å². The zero-order valence-corrected chi connectivity index (χ0v) is 17.0. The van der Waals surface area contributed by atoms with Gasteiger partial charge in [0.1, 0.15) is 5.84 Å². The van der Waals surface area contributed by atoms with Crippen LogP contribution in [0.3, 0.4) is 0 Å². The summed E-state index contributed by atoms with van der Waals surface area (Å²) in [6.07, 6.45) is 23.6. The third-order valence-electron chi connectivity index (χ3n) is 5.12. The van der Waals surface area contributed by atoms with Crippen molar-refractivity contribution in [2.75, 3.05) is 13.1 Å². The zero-order chi connectivity index (χ0) is 18.2. The molecule has 0 aliphatic carbocycles. The van der Waals surface area contributed by atoms with Crippen LogP contribution >= 0.6 is 0 Å². The Kier molecular flexibility index (Phi) is 13.7. The van der Waals surface area contributed by atoms with Crippen LogP contribution in [0, 0.1) is 0 Å². The van der Waals surface area contributed by atoms with Crippen LogP contribution in [0.25, 0.3) is 0 Å². The quantitative estimate of drug-likeness (QED) is 0.272. The summed E-state index contributed by atoms with van der Waals surface area (Å²) < 4.78 is 0. The highest BCUT2D eigenvalue weighted by atomic mass is 15.3. The van der Waals surface area contributed by atoms with E-state index in [1.807, 2.05) is 0 Å². The second-order valence-corrected chi connectivity index (χ2v) is 7.57. The first-order valence-electron chi connectivity index (χ1n) is 11.0. The fourth-order valence-corrected chi connectivity index (χ4v) is 3.52. The summed E-state index contributed by atoms with van der Waals surface area (Å²) in [6.45, 7) is 6.28. The maximum Gasteiger partial charge on any atom is 0.100 e. The van der Waals surface area contributed by atoms with E-state index in [-0.39, 0.29) is 6.17 Å². The number of amidine groups is 1. The molecule has 1 unspecified atom stereocenters. The molecule has 0 saturated carbocycles. The molecule has 0 bridgehead atoms. The number of unbranched alkanes of at least 4 members (excludes halogenated alkanes) is 11. The lowest BCUT2D eigenvalue weighted by Crippen LogP contribution is -2.41. The second kappa shape index (κ2) is 15.4. The molecule has 1 rings (SSSR count). The smallest absolute Gasteiger partial charge is 0.100 e. The van der Waals surface area contributed by atoms with Crippen molar-refractivity contribution in [3.05, 3.63) is 12.2 Å². The van der Waals surface area contributed by atoms with Gasteiger partial charge in [-0.05, 0) is 39.0 Å². The maximum atomic E-state index is 5.98. The van der Waals surface area contributed by atoms with Gasteiger partial charge in [-0.15, -0.1) is 0 Å². The molecule has 0 spiro atoms. The van der Waals surface area contributed by atoms with Crippen LogP contribution < -0.4 is 5.73 Å². The lowest BCUT2D eigenvalue weighted by atomic mass is 10.1. The summed E-state index contributed by atoms with van der Waals surface area (Å²) in [6, 6.07) is 0. The molecule has 0 aromatic carbocycles. The number of aliphatic imine (C=N–C) groups is 1. The van der Waals surface area contributed by atoms with Crippen LogP contribution in [0.15, 0.2) is 17.1 Å². The largest absolute Gasteiger partial charge is 0.343 e. The molecule has 0 saturated heterocycles. The van der Waals surface area contributed by atoms with Crippen LogP contribution in [0.5, 0.6) is 0 Å². The van der Waals surface area contributed by atoms with Gasteiger partial charge in [-0.3, -0.25) is 4.99 Å². The molecule has 1 aliphatic rings. The Morgan fingerprint density at radius 2 is 1.48 bits per heavy atom. The summed E-state index contributed by atoms with van der Waals surface area (Å²) in [4.78, 5) is 6.85. The molecule has 3 nitrogen and oxygen atoms in total. The predicted octanol–water partition coefficient (Wildman–Crippen LogP) is 6.04. The second-order valence-electron chi connectivity index (χ2n) is 7.57. The lowest BCUT2D eigenvalue weighted by molar-refractivity contribution is 0.359. The van der Waals surface area contributed by atoms with Gasteiger partial charge in [-0.1, -0.05) is 70.4 Å². The number of nitrogens with two attached hydrogens (primary N) is 1. The average molecular weight is 350 g/mol. The number of hydrogen-bond donors (Lipinski definition) is 1. The molecule has 146 valence electrons. The van der Waals surface area contributed by atoms with Crippen molar-refractivity contribution in [2.24, 2.45) is 10.7 Å². The van der Waals surface area contributed by atoms with E-state index in [0.29, 0.717) is 0 Å². The summed E-state index contributed by atoms with van der Waals surface area (Å²) in [5, 5.41) is 0. The van der Waals surface area contributed by atoms with Gasteiger partial charge in [0.2, 0.25) is 0 Å². The van der Waals surface area contributed by atoms with Crippen molar-refractivity contribution in [3.63, 3.8) is 0 Å². The van der Waals surface area contributed by atoms with Gasteiger partial charge >= 0.3 is 0 Å². The molecular weight excluding hydrogens is 306 g/mol. The molecule has 0 aromatic rings. The minimum atomic E-state index is 0.114. The molecule has 1 atom stereocenters. The van der Waals surface area contributed by atoms with E-state index in [4.69, 9.17) is 5.73 Å². The summed E-state index contributed by atoms with van der Waals surface area (Å²) in [5.41, 5.74) is 5.98. The number of rotatable bonds is 16. The Labute approximate surface area is 157 Å². The van der Waals surface area contributed by atoms with E-state index in [0.717, 1.165) is 19.5 Å². The van der Waals surface area contributed by atoms with Crippen molar-refractivity contribution in [3.8, 4) is 0 Å². The van der Waals surface area contributed by atoms with E-state index >= 15 is 0 Å². The van der Waals surface area contributed by atoms with Gasteiger partial charge in [0.05, 0.1) is 12.7 Å². The standard InChI is InChI=1S/C22H43N3/c1-3-4-5-6-7-8-9-10-11-12-13-14-15-16-17-18-22-24-19-20-25(22)21(2)23/h11-12,21H,3-10,13-20,23H2,1-2H3/b12-11+. The summed E-state index contributed by atoms with van der Waals surface area (Å²) in [7, 11) is 0. The highest BCUT2D eigenvalue weighted by Crippen LogP contribution is 2.13. The fraction of sp³-hybridized carbons (Fsp3) is 0.864. The first-order valence-corrected chi connectivity index (χ1v) is 11.0. The van der Waals surface area contributed by atoms with E-state index < -0.39 is 0 Å². The van der Waals surface area contributed by atoms with Gasteiger partial charge in [-0.25, -0.2) is 0 Å². The number of allylic oxidation sites excluding steroid dienone is 2. The van der Waals surface area contributed by atoms with Crippen molar-refractivity contribution >= 4 is 5.84 Å². The SMILES string of the molecule is CCCCCCCCC/C=C/CCCCCCC1=NCCN1C(C)N. The Bertz CT molecular complexity index is 360.